The van der Waals surface area contributed by atoms with E-state index >= 15 is 0 Å². The zero-order chi connectivity index (χ0) is 7.23. The van der Waals surface area contributed by atoms with Gasteiger partial charge in [-0.25, -0.2) is 0 Å². The molecule has 1 rings (SSSR count). The molecule has 0 aliphatic rings. The van der Waals surface area contributed by atoms with Gasteiger partial charge in [0.1, 0.15) is 0 Å². The third-order valence-electron chi connectivity index (χ3n) is 1.48. The zero-order valence-electron chi connectivity index (χ0n) is 6.09. The standard InChI is InChI=1S/C9H11B/c1-2-8-10-9-6-4-3-5-7-9/h2-7,10H,1,8H2. The van der Waals surface area contributed by atoms with E-state index in [1.54, 1.807) is 0 Å². The van der Waals surface area contributed by atoms with Crippen molar-refractivity contribution in [2.24, 2.45) is 0 Å². The second-order valence-corrected chi connectivity index (χ2v) is 2.31. The monoisotopic (exact) mass is 130 g/mol. The second kappa shape index (κ2) is 3.94. The molecule has 0 spiro atoms. The van der Waals surface area contributed by atoms with Crippen molar-refractivity contribution in [2.75, 3.05) is 0 Å². The highest BCUT2D eigenvalue weighted by Gasteiger charge is 1.88. The fraction of sp³-hybridized carbons (Fsp3) is 0.111. The molecule has 0 radical (unpaired) electrons. The van der Waals surface area contributed by atoms with Crippen LogP contribution in [-0.4, -0.2) is 7.28 Å². The zero-order valence-corrected chi connectivity index (χ0v) is 6.09. The molecule has 0 heterocycles. The molecule has 1 heteroatoms. The lowest BCUT2D eigenvalue weighted by Crippen LogP contribution is -2.11. The van der Waals surface area contributed by atoms with Gasteiger partial charge in [-0.2, -0.15) is 0 Å². The quantitative estimate of drug-likeness (QED) is 0.428. The molecule has 0 aliphatic carbocycles. The largest absolute Gasteiger partial charge is 0.161 e. The van der Waals surface area contributed by atoms with E-state index in [1.165, 1.54) is 5.46 Å². The maximum absolute atomic E-state index is 3.68. The van der Waals surface area contributed by atoms with Gasteiger partial charge in [-0.05, 0) is 0 Å². The summed E-state index contributed by atoms with van der Waals surface area (Å²) < 4.78 is 0. The summed E-state index contributed by atoms with van der Waals surface area (Å²) >= 11 is 0. The van der Waals surface area contributed by atoms with E-state index in [4.69, 9.17) is 0 Å². The SMILES string of the molecule is C=CCBc1ccccc1. The first kappa shape index (κ1) is 7.14. The predicted octanol–water partition coefficient (Wildman–Crippen LogP) is 1.35. The van der Waals surface area contributed by atoms with Crippen LogP contribution in [-0.2, 0) is 0 Å². The van der Waals surface area contributed by atoms with Crippen molar-refractivity contribution in [3.05, 3.63) is 43.0 Å². The van der Waals surface area contributed by atoms with Gasteiger partial charge in [0.25, 0.3) is 0 Å². The van der Waals surface area contributed by atoms with Crippen LogP contribution in [0.15, 0.2) is 43.0 Å². The minimum atomic E-state index is 1.07. The van der Waals surface area contributed by atoms with Crippen LogP contribution in [0.3, 0.4) is 0 Å². The van der Waals surface area contributed by atoms with Crippen molar-refractivity contribution >= 4 is 12.7 Å². The average Bonchev–Trinajstić information content (AvgIpc) is 2.03. The maximum Gasteiger partial charge on any atom is 0.161 e. The van der Waals surface area contributed by atoms with E-state index in [9.17, 15) is 0 Å². The maximum atomic E-state index is 3.68. The van der Waals surface area contributed by atoms with Gasteiger partial charge < -0.3 is 0 Å². The molecule has 0 bridgehead atoms. The van der Waals surface area contributed by atoms with Gasteiger partial charge in [0, 0.05) is 0 Å². The van der Waals surface area contributed by atoms with Gasteiger partial charge in [-0.3, -0.25) is 0 Å². The third-order valence-corrected chi connectivity index (χ3v) is 1.48. The molecule has 0 saturated heterocycles. The van der Waals surface area contributed by atoms with Gasteiger partial charge >= 0.3 is 0 Å². The number of allylic oxidation sites excluding steroid dienone is 1. The summed E-state index contributed by atoms with van der Waals surface area (Å²) in [5.74, 6) is 0. The summed E-state index contributed by atoms with van der Waals surface area (Å²) in [7, 11) is 1.12. The van der Waals surface area contributed by atoms with Crippen LogP contribution in [0.25, 0.3) is 0 Å². The Hall–Kier alpha value is -0.975. The number of hydrogen-bond donors (Lipinski definition) is 0. The molecule has 0 nitrogen and oxygen atoms in total. The molecule has 0 unspecified atom stereocenters. The summed E-state index contributed by atoms with van der Waals surface area (Å²) in [4.78, 5) is 0. The van der Waals surface area contributed by atoms with Crippen molar-refractivity contribution in [2.45, 2.75) is 6.32 Å². The highest BCUT2D eigenvalue weighted by Crippen LogP contribution is 1.84. The minimum Gasteiger partial charge on any atom is -0.104 e. The van der Waals surface area contributed by atoms with Crippen molar-refractivity contribution in [1.82, 2.24) is 0 Å². The van der Waals surface area contributed by atoms with Crippen molar-refractivity contribution < 1.29 is 0 Å². The lowest BCUT2D eigenvalue weighted by atomic mass is 9.67. The molecular weight excluding hydrogens is 119 g/mol. The summed E-state index contributed by atoms with van der Waals surface area (Å²) in [6.45, 7) is 3.68. The second-order valence-electron chi connectivity index (χ2n) is 2.31. The van der Waals surface area contributed by atoms with Crippen molar-refractivity contribution in [3.8, 4) is 0 Å². The van der Waals surface area contributed by atoms with Crippen LogP contribution >= 0.6 is 0 Å². The average molecular weight is 130 g/mol. The van der Waals surface area contributed by atoms with Crippen LogP contribution in [0.4, 0.5) is 0 Å². The Morgan fingerprint density at radius 1 is 1.30 bits per heavy atom. The first-order valence-electron chi connectivity index (χ1n) is 3.58. The van der Waals surface area contributed by atoms with Crippen LogP contribution in [0.1, 0.15) is 0 Å². The minimum absolute atomic E-state index is 1.07. The fourth-order valence-electron chi connectivity index (χ4n) is 0.913. The molecule has 1 aromatic carbocycles. The van der Waals surface area contributed by atoms with E-state index in [1.807, 2.05) is 12.1 Å². The summed E-state index contributed by atoms with van der Waals surface area (Å²) in [6, 6.07) is 10.5. The van der Waals surface area contributed by atoms with E-state index in [0.29, 0.717) is 0 Å². The summed E-state index contributed by atoms with van der Waals surface area (Å²) in [6.07, 6.45) is 3.02. The Morgan fingerprint density at radius 3 is 2.60 bits per heavy atom. The lowest BCUT2D eigenvalue weighted by Gasteiger charge is -1.92. The highest BCUT2D eigenvalue weighted by atomic mass is 13.8. The molecule has 0 atom stereocenters. The summed E-state index contributed by atoms with van der Waals surface area (Å²) in [5, 5.41) is 0. The Kier molecular flexibility index (Phi) is 2.81. The molecule has 1 aromatic rings. The number of rotatable bonds is 3. The van der Waals surface area contributed by atoms with Crippen molar-refractivity contribution in [3.63, 3.8) is 0 Å². The first-order valence-corrected chi connectivity index (χ1v) is 3.58. The first-order chi connectivity index (χ1) is 4.93. The van der Waals surface area contributed by atoms with Crippen LogP contribution in [0, 0.1) is 0 Å². The number of benzene rings is 1. The van der Waals surface area contributed by atoms with Gasteiger partial charge in [0.15, 0.2) is 7.28 Å². The molecule has 0 N–H and O–H groups in total. The van der Waals surface area contributed by atoms with Gasteiger partial charge in [0.2, 0.25) is 0 Å². The Labute approximate surface area is 62.8 Å². The molecule has 0 saturated carbocycles. The van der Waals surface area contributed by atoms with Gasteiger partial charge in [-0.1, -0.05) is 48.2 Å². The van der Waals surface area contributed by atoms with Crippen molar-refractivity contribution in [1.29, 1.82) is 0 Å². The molecule has 10 heavy (non-hydrogen) atoms. The lowest BCUT2D eigenvalue weighted by molar-refractivity contribution is 1.69. The molecule has 0 aromatic heterocycles. The van der Waals surface area contributed by atoms with Crippen LogP contribution < -0.4 is 5.46 Å². The smallest absolute Gasteiger partial charge is 0.104 e. The topological polar surface area (TPSA) is 0 Å². The molecular formula is C9H11B. The molecule has 0 fully saturated rings. The van der Waals surface area contributed by atoms with E-state index in [-0.39, 0.29) is 0 Å². The Morgan fingerprint density at radius 2 is 2.00 bits per heavy atom. The Balaban J connectivity index is 2.50. The predicted molar refractivity (Wildman–Crippen MR) is 48.2 cm³/mol. The van der Waals surface area contributed by atoms with E-state index < -0.39 is 0 Å². The molecule has 50 valence electrons. The van der Waals surface area contributed by atoms with Crippen LogP contribution in [0.5, 0.6) is 0 Å². The van der Waals surface area contributed by atoms with Gasteiger partial charge in [-0.15, -0.1) is 6.58 Å². The molecule has 0 aliphatic heterocycles. The summed E-state index contributed by atoms with van der Waals surface area (Å²) in [5.41, 5.74) is 1.39. The number of hydrogen-bond acceptors (Lipinski definition) is 0. The Bertz CT molecular complexity index is 191. The third kappa shape index (κ3) is 2.10. The van der Waals surface area contributed by atoms with Gasteiger partial charge in [0.05, 0.1) is 0 Å². The van der Waals surface area contributed by atoms with E-state index in [2.05, 4.69) is 30.8 Å². The van der Waals surface area contributed by atoms with Crippen LogP contribution in [0.2, 0.25) is 6.32 Å². The fourth-order valence-corrected chi connectivity index (χ4v) is 0.913. The molecule has 0 amide bonds. The van der Waals surface area contributed by atoms with E-state index in [0.717, 1.165) is 13.6 Å². The highest BCUT2D eigenvalue weighted by molar-refractivity contribution is 6.53. The normalized spacial score (nSPS) is 8.80.